The minimum absolute atomic E-state index is 0.426. The SMILES string of the molecule is CCO[Si](OCC)C(CC)CN. The summed E-state index contributed by atoms with van der Waals surface area (Å²) >= 11 is 0. The molecule has 12 heavy (non-hydrogen) atoms. The number of rotatable bonds is 7. The van der Waals surface area contributed by atoms with Crippen molar-refractivity contribution < 1.29 is 8.85 Å². The van der Waals surface area contributed by atoms with Gasteiger partial charge in [-0.25, -0.2) is 0 Å². The lowest BCUT2D eigenvalue weighted by Crippen LogP contribution is -2.33. The molecule has 1 radical (unpaired) electrons. The lowest BCUT2D eigenvalue weighted by atomic mass is 10.3. The van der Waals surface area contributed by atoms with Gasteiger partial charge < -0.3 is 14.6 Å². The number of hydrogen-bond donors (Lipinski definition) is 1. The van der Waals surface area contributed by atoms with Gasteiger partial charge in [-0.2, -0.15) is 0 Å². The van der Waals surface area contributed by atoms with Crippen molar-refractivity contribution in [2.45, 2.75) is 32.7 Å². The molecule has 0 bridgehead atoms. The maximum atomic E-state index is 5.61. The van der Waals surface area contributed by atoms with Crippen molar-refractivity contribution in [2.24, 2.45) is 5.73 Å². The second-order valence-electron chi connectivity index (χ2n) is 2.53. The van der Waals surface area contributed by atoms with Gasteiger partial charge in [-0.05, 0) is 20.4 Å². The summed E-state index contributed by atoms with van der Waals surface area (Å²) in [7, 11) is -1.11. The van der Waals surface area contributed by atoms with Crippen LogP contribution in [0, 0.1) is 0 Å². The predicted octanol–water partition coefficient (Wildman–Crippen LogP) is 1.29. The number of nitrogens with two attached hydrogens (primary N) is 1. The molecule has 4 heteroatoms. The zero-order valence-electron chi connectivity index (χ0n) is 8.30. The Labute approximate surface area is 77.1 Å². The van der Waals surface area contributed by atoms with Gasteiger partial charge in [0.05, 0.1) is 0 Å². The Bertz CT molecular complexity index is 93.1. The standard InChI is InChI=1S/C8H20NO2Si/c1-4-8(7-9)12(10-5-2)11-6-3/h8H,4-7,9H2,1-3H3. The van der Waals surface area contributed by atoms with Crippen molar-refractivity contribution in [1.29, 1.82) is 0 Å². The predicted molar refractivity (Wildman–Crippen MR) is 52.1 cm³/mol. The van der Waals surface area contributed by atoms with Crippen LogP contribution < -0.4 is 5.73 Å². The second kappa shape index (κ2) is 7.73. The first-order valence-electron chi connectivity index (χ1n) is 4.62. The molecule has 73 valence electrons. The van der Waals surface area contributed by atoms with Crippen LogP contribution in [-0.4, -0.2) is 29.0 Å². The van der Waals surface area contributed by atoms with Crippen molar-refractivity contribution in [3.8, 4) is 0 Å². The molecule has 3 nitrogen and oxygen atoms in total. The van der Waals surface area contributed by atoms with Gasteiger partial charge in [0.15, 0.2) is 0 Å². The van der Waals surface area contributed by atoms with E-state index in [9.17, 15) is 0 Å². The van der Waals surface area contributed by atoms with Crippen LogP contribution in [0.25, 0.3) is 0 Å². The Morgan fingerprint density at radius 3 is 1.92 bits per heavy atom. The zero-order chi connectivity index (χ0) is 9.40. The van der Waals surface area contributed by atoms with E-state index in [-0.39, 0.29) is 0 Å². The average molecular weight is 190 g/mol. The molecule has 1 atom stereocenters. The smallest absolute Gasteiger partial charge is 0.389 e. The Morgan fingerprint density at radius 2 is 1.67 bits per heavy atom. The molecule has 0 aliphatic rings. The lowest BCUT2D eigenvalue weighted by molar-refractivity contribution is 0.203. The molecule has 0 saturated heterocycles. The fourth-order valence-corrected chi connectivity index (χ4v) is 2.64. The lowest BCUT2D eigenvalue weighted by Gasteiger charge is -2.20. The summed E-state index contributed by atoms with van der Waals surface area (Å²) in [4.78, 5) is 0. The quantitative estimate of drug-likeness (QED) is 0.615. The molecule has 0 spiro atoms. The van der Waals surface area contributed by atoms with Gasteiger partial charge >= 0.3 is 9.28 Å². The maximum Gasteiger partial charge on any atom is 0.389 e. The average Bonchev–Trinajstić information content (AvgIpc) is 2.07. The van der Waals surface area contributed by atoms with Crippen LogP contribution in [0.15, 0.2) is 0 Å². The molecule has 0 heterocycles. The third kappa shape index (κ3) is 4.20. The highest BCUT2D eigenvalue weighted by atomic mass is 28.3. The highest BCUT2D eigenvalue weighted by Crippen LogP contribution is 2.14. The Hall–Kier alpha value is 0.0969. The summed E-state index contributed by atoms with van der Waals surface area (Å²) in [6.07, 6.45) is 1.05. The van der Waals surface area contributed by atoms with Gasteiger partial charge in [0, 0.05) is 18.8 Å². The van der Waals surface area contributed by atoms with E-state index in [0.717, 1.165) is 19.6 Å². The summed E-state index contributed by atoms with van der Waals surface area (Å²) in [6.45, 7) is 8.24. The van der Waals surface area contributed by atoms with Crippen molar-refractivity contribution in [2.75, 3.05) is 19.8 Å². The van der Waals surface area contributed by atoms with Crippen LogP contribution in [0.2, 0.25) is 5.54 Å². The molecule has 0 rings (SSSR count). The van der Waals surface area contributed by atoms with Crippen molar-refractivity contribution in [3.63, 3.8) is 0 Å². The van der Waals surface area contributed by atoms with E-state index in [4.69, 9.17) is 14.6 Å². The van der Waals surface area contributed by atoms with Gasteiger partial charge in [-0.1, -0.05) is 13.3 Å². The van der Waals surface area contributed by atoms with Gasteiger partial charge in [0.25, 0.3) is 0 Å². The van der Waals surface area contributed by atoms with Gasteiger partial charge in [-0.3, -0.25) is 0 Å². The second-order valence-corrected chi connectivity index (χ2v) is 4.56. The molecular weight excluding hydrogens is 170 g/mol. The fraction of sp³-hybridized carbons (Fsp3) is 1.00. The van der Waals surface area contributed by atoms with Crippen LogP contribution in [0.4, 0.5) is 0 Å². The molecule has 0 amide bonds. The van der Waals surface area contributed by atoms with E-state index in [2.05, 4.69) is 6.92 Å². The van der Waals surface area contributed by atoms with E-state index in [0.29, 0.717) is 12.1 Å². The molecule has 0 aromatic heterocycles. The topological polar surface area (TPSA) is 44.5 Å². The van der Waals surface area contributed by atoms with Gasteiger partial charge in [0.1, 0.15) is 0 Å². The van der Waals surface area contributed by atoms with E-state index in [1.807, 2.05) is 13.8 Å². The van der Waals surface area contributed by atoms with E-state index >= 15 is 0 Å². The van der Waals surface area contributed by atoms with Crippen LogP contribution in [0.5, 0.6) is 0 Å². The largest absolute Gasteiger partial charge is 0.393 e. The van der Waals surface area contributed by atoms with Crippen molar-refractivity contribution in [1.82, 2.24) is 0 Å². The Kier molecular flexibility index (Phi) is 7.79. The van der Waals surface area contributed by atoms with Gasteiger partial charge in [0.2, 0.25) is 0 Å². The molecule has 0 aliphatic carbocycles. The first-order valence-corrected chi connectivity index (χ1v) is 6.01. The summed E-state index contributed by atoms with van der Waals surface area (Å²) < 4.78 is 11.1. The summed E-state index contributed by atoms with van der Waals surface area (Å²) in [5, 5.41) is 0. The fourth-order valence-electron chi connectivity index (χ4n) is 0.991. The highest BCUT2D eigenvalue weighted by Gasteiger charge is 2.24. The molecule has 0 aromatic carbocycles. The minimum atomic E-state index is -1.11. The maximum absolute atomic E-state index is 5.61. The normalized spacial score (nSPS) is 13.8. The van der Waals surface area contributed by atoms with Crippen LogP contribution >= 0.6 is 0 Å². The molecular formula is C8H20NO2Si. The third-order valence-corrected chi connectivity index (χ3v) is 4.14. The van der Waals surface area contributed by atoms with Crippen LogP contribution in [0.1, 0.15) is 27.2 Å². The third-order valence-electron chi connectivity index (χ3n) is 1.68. The van der Waals surface area contributed by atoms with Crippen LogP contribution in [-0.2, 0) is 8.85 Å². The number of hydrogen-bond acceptors (Lipinski definition) is 3. The summed E-state index contributed by atoms with van der Waals surface area (Å²) in [5.74, 6) is 0. The molecule has 0 fully saturated rings. The first kappa shape index (κ1) is 12.1. The summed E-state index contributed by atoms with van der Waals surface area (Å²) in [5.41, 5.74) is 6.04. The Morgan fingerprint density at radius 1 is 1.17 bits per heavy atom. The summed E-state index contributed by atoms with van der Waals surface area (Å²) in [6, 6.07) is 0. The Balaban J connectivity index is 3.86. The minimum Gasteiger partial charge on any atom is -0.393 e. The van der Waals surface area contributed by atoms with E-state index in [1.54, 1.807) is 0 Å². The van der Waals surface area contributed by atoms with Crippen LogP contribution in [0.3, 0.4) is 0 Å². The highest BCUT2D eigenvalue weighted by molar-refractivity contribution is 6.46. The first-order chi connectivity index (χ1) is 5.79. The monoisotopic (exact) mass is 190 g/mol. The van der Waals surface area contributed by atoms with Crippen molar-refractivity contribution in [3.05, 3.63) is 0 Å². The zero-order valence-corrected chi connectivity index (χ0v) is 9.30. The molecule has 0 aromatic rings. The molecule has 0 aliphatic heterocycles. The molecule has 2 N–H and O–H groups in total. The molecule has 1 unspecified atom stereocenters. The van der Waals surface area contributed by atoms with E-state index in [1.165, 1.54) is 0 Å². The molecule has 0 saturated carbocycles. The van der Waals surface area contributed by atoms with Gasteiger partial charge in [-0.15, -0.1) is 0 Å². The van der Waals surface area contributed by atoms with Crippen molar-refractivity contribution >= 4 is 9.28 Å². The van der Waals surface area contributed by atoms with E-state index < -0.39 is 9.28 Å².